The van der Waals surface area contributed by atoms with Gasteiger partial charge in [-0.15, -0.1) is 0 Å². The summed E-state index contributed by atoms with van der Waals surface area (Å²) in [5, 5.41) is 11.4. The number of carbonyl (C=O) groups is 3. The molecular weight excluding hydrogens is 416 g/mol. The summed E-state index contributed by atoms with van der Waals surface area (Å²) in [4.78, 5) is 36.7. The Labute approximate surface area is 190 Å². The molecule has 9 nitrogen and oxygen atoms in total. The van der Waals surface area contributed by atoms with Crippen LogP contribution in [0, 0.1) is 0 Å². The van der Waals surface area contributed by atoms with Crippen LogP contribution in [0.2, 0.25) is 0 Å². The lowest BCUT2D eigenvalue weighted by Crippen LogP contribution is -2.38. The van der Waals surface area contributed by atoms with E-state index in [2.05, 4.69) is 5.32 Å². The Morgan fingerprint density at radius 3 is 2.28 bits per heavy atom. The summed E-state index contributed by atoms with van der Waals surface area (Å²) < 4.78 is 16.2. The van der Waals surface area contributed by atoms with E-state index in [1.165, 1.54) is 0 Å². The van der Waals surface area contributed by atoms with Crippen molar-refractivity contribution in [3.8, 4) is 5.75 Å². The molecule has 2 amide bonds. The summed E-state index contributed by atoms with van der Waals surface area (Å²) in [6, 6.07) is 7.12. The molecule has 0 unspecified atom stereocenters. The third-order valence-electron chi connectivity index (χ3n) is 3.78. The molecule has 1 rings (SSSR count). The van der Waals surface area contributed by atoms with Gasteiger partial charge in [0.05, 0.1) is 13.0 Å². The second kappa shape index (κ2) is 12.2. The van der Waals surface area contributed by atoms with Crippen molar-refractivity contribution in [2.24, 2.45) is 0 Å². The maximum atomic E-state index is 12.7. The van der Waals surface area contributed by atoms with E-state index in [1.807, 2.05) is 6.07 Å². The number of hydrogen-bond donors (Lipinski definition) is 2. The predicted molar refractivity (Wildman–Crippen MR) is 120 cm³/mol. The summed E-state index contributed by atoms with van der Waals surface area (Å²) in [5.74, 6) is -0.406. The topological polar surface area (TPSA) is 114 Å². The van der Waals surface area contributed by atoms with Crippen LogP contribution in [0.3, 0.4) is 0 Å². The fourth-order valence-corrected chi connectivity index (χ4v) is 2.55. The van der Waals surface area contributed by atoms with Crippen LogP contribution >= 0.6 is 0 Å². The molecule has 9 heteroatoms. The molecule has 0 aliphatic heterocycles. The van der Waals surface area contributed by atoms with Crippen LogP contribution in [0.15, 0.2) is 24.3 Å². The van der Waals surface area contributed by atoms with Gasteiger partial charge in [-0.05, 0) is 65.7 Å². The first-order chi connectivity index (χ1) is 14.7. The number of carbonyl (C=O) groups excluding carboxylic acids is 2. The van der Waals surface area contributed by atoms with Crippen molar-refractivity contribution in [2.45, 2.75) is 72.1 Å². The van der Waals surface area contributed by atoms with Gasteiger partial charge in [0.1, 0.15) is 17.0 Å². The van der Waals surface area contributed by atoms with Crippen LogP contribution in [-0.2, 0) is 20.8 Å². The number of alkyl carbamates (subject to hydrolysis) is 1. The molecule has 0 aliphatic carbocycles. The first kappa shape index (κ1) is 27.1. The van der Waals surface area contributed by atoms with E-state index in [1.54, 1.807) is 64.6 Å². The Balaban J connectivity index is 2.73. The van der Waals surface area contributed by atoms with Crippen LogP contribution in [0.1, 0.15) is 59.9 Å². The van der Waals surface area contributed by atoms with Gasteiger partial charge in [0.15, 0.2) is 0 Å². The summed E-state index contributed by atoms with van der Waals surface area (Å²) in [5.41, 5.74) is -0.417. The summed E-state index contributed by atoms with van der Waals surface area (Å²) in [7, 11) is 0. The molecule has 0 bridgehead atoms. The lowest BCUT2D eigenvalue weighted by Gasteiger charge is -2.28. The monoisotopic (exact) mass is 452 g/mol. The second-order valence-electron chi connectivity index (χ2n) is 9.32. The van der Waals surface area contributed by atoms with Crippen LogP contribution in [-0.4, -0.2) is 59.1 Å². The fraction of sp³-hybridized carbons (Fsp3) is 0.609. The largest absolute Gasteiger partial charge is 0.493 e. The van der Waals surface area contributed by atoms with E-state index < -0.39 is 29.4 Å². The first-order valence-electron chi connectivity index (χ1n) is 10.6. The number of carboxylic acids is 1. The summed E-state index contributed by atoms with van der Waals surface area (Å²) >= 11 is 0. The van der Waals surface area contributed by atoms with Crippen molar-refractivity contribution in [2.75, 3.05) is 19.7 Å². The summed E-state index contributed by atoms with van der Waals surface area (Å²) in [6.07, 6.45) is -0.564. The van der Waals surface area contributed by atoms with Crippen LogP contribution < -0.4 is 10.1 Å². The van der Waals surface area contributed by atoms with Crippen molar-refractivity contribution < 1.29 is 33.7 Å². The minimum absolute atomic E-state index is 0.0604. The molecule has 0 heterocycles. The summed E-state index contributed by atoms with van der Waals surface area (Å²) in [6.45, 7) is 11.8. The Bertz CT molecular complexity index is 766. The standard InChI is InChI=1S/C23H36N2O7/c1-22(2,3)31-20(28)24-12-8-13-25(21(29)32-23(4,5)6)16-17-9-7-10-18(15-17)30-14-11-19(26)27/h7,9-10,15H,8,11-14,16H2,1-6H3,(H,24,28)(H,26,27). The highest BCUT2D eigenvalue weighted by atomic mass is 16.6. The van der Waals surface area contributed by atoms with Gasteiger partial charge in [-0.25, -0.2) is 9.59 Å². The van der Waals surface area contributed by atoms with Crippen molar-refractivity contribution >= 4 is 18.2 Å². The number of benzene rings is 1. The quantitative estimate of drug-likeness (QED) is 0.512. The maximum Gasteiger partial charge on any atom is 0.410 e. The number of carboxylic acid groups (broad SMARTS) is 1. The molecule has 0 radical (unpaired) electrons. The van der Waals surface area contributed by atoms with Crippen LogP contribution in [0.25, 0.3) is 0 Å². The van der Waals surface area contributed by atoms with Gasteiger partial charge in [-0.1, -0.05) is 12.1 Å². The van der Waals surface area contributed by atoms with Crippen LogP contribution in [0.5, 0.6) is 5.75 Å². The Kier molecular flexibility index (Phi) is 10.3. The molecule has 0 saturated heterocycles. The van der Waals surface area contributed by atoms with Gasteiger partial charge in [-0.2, -0.15) is 0 Å². The second-order valence-corrected chi connectivity index (χ2v) is 9.32. The van der Waals surface area contributed by atoms with E-state index in [4.69, 9.17) is 19.3 Å². The zero-order valence-electron chi connectivity index (χ0n) is 19.9. The lowest BCUT2D eigenvalue weighted by molar-refractivity contribution is -0.137. The highest BCUT2D eigenvalue weighted by Crippen LogP contribution is 2.18. The van der Waals surface area contributed by atoms with E-state index >= 15 is 0 Å². The smallest absolute Gasteiger partial charge is 0.410 e. The molecule has 0 fully saturated rings. The van der Waals surface area contributed by atoms with Gasteiger partial charge >= 0.3 is 18.2 Å². The molecule has 32 heavy (non-hydrogen) atoms. The average Bonchev–Trinajstić information content (AvgIpc) is 2.61. The van der Waals surface area contributed by atoms with E-state index in [9.17, 15) is 14.4 Å². The number of rotatable bonds is 10. The molecule has 0 spiro atoms. The molecule has 180 valence electrons. The first-order valence-corrected chi connectivity index (χ1v) is 10.6. The fourth-order valence-electron chi connectivity index (χ4n) is 2.55. The van der Waals surface area contributed by atoms with E-state index in [-0.39, 0.29) is 19.6 Å². The van der Waals surface area contributed by atoms with Crippen molar-refractivity contribution in [3.05, 3.63) is 29.8 Å². The number of amides is 2. The zero-order valence-corrected chi connectivity index (χ0v) is 19.9. The van der Waals surface area contributed by atoms with Gasteiger partial charge in [0, 0.05) is 19.6 Å². The zero-order chi connectivity index (χ0) is 24.4. The molecule has 0 saturated carbocycles. The van der Waals surface area contributed by atoms with Crippen molar-refractivity contribution in [1.82, 2.24) is 10.2 Å². The van der Waals surface area contributed by atoms with Crippen molar-refractivity contribution in [3.63, 3.8) is 0 Å². The number of nitrogens with zero attached hydrogens (tertiary/aromatic N) is 1. The molecule has 1 aromatic rings. The van der Waals surface area contributed by atoms with Gasteiger partial charge < -0.3 is 29.5 Å². The number of aliphatic carboxylic acids is 1. The molecule has 1 aromatic carbocycles. The normalized spacial score (nSPS) is 11.4. The Morgan fingerprint density at radius 2 is 1.69 bits per heavy atom. The van der Waals surface area contributed by atoms with E-state index in [0.717, 1.165) is 5.56 Å². The third-order valence-corrected chi connectivity index (χ3v) is 3.78. The molecular formula is C23H36N2O7. The minimum Gasteiger partial charge on any atom is -0.493 e. The molecule has 2 N–H and O–H groups in total. The highest BCUT2D eigenvalue weighted by Gasteiger charge is 2.22. The maximum absolute atomic E-state index is 12.7. The van der Waals surface area contributed by atoms with Crippen molar-refractivity contribution in [1.29, 1.82) is 0 Å². The van der Waals surface area contributed by atoms with E-state index in [0.29, 0.717) is 25.3 Å². The molecule has 0 atom stereocenters. The highest BCUT2D eigenvalue weighted by molar-refractivity contribution is 5.68. The Morgan fingerprint density at radius 1 is 1.03 bits per heavy atom. The SMILES string of the molecule is CC(C)(C)OC(=O)NCCCN(Cc1cccc(OCCC(=O)O)c1)C(=O)OC(C)(C)C. The third kappa shape index (κ3) is 12.7. The number of hydrogen-bond acceptors (Lipinski definition) is 6. The predicted octanol–water partition coefficient (Wildman–Crippen LogP) is 4.19. The van der Waals surface area contributed by atoms with Crippen LogP contribution in [0.4, 0.5) is 9.59 Å². The number of ether oxygens (including phenoxy) is 3. The van der Waals surface area contributed by atoms with Gasteiger partial charge in [0.25, 0.3) is 0 Å². The Hall–Kier alpha value is -2.97. The van der Waals surface area contributed by atoms with Gasteiger partial charge in [-0.3, -0.25) is 4.79 Å². The average molecular weight is 453 g/mol. The minimum atomic E-state index is -0.933. The molecule has 0 aliphatic rings. The number of nitrogens with one attached hydrogen (secondary N) is 1. The molecule has 0 aromatic heterocycles. The lowest BCUT2D eigenvalue weighted by atomic mass is 10.2. The van der Waals surface area contributed by atoms with Gasteiger partial charge in [0.2, 0.25) is 0 Å².